The summed E-state index contributed by atoms with van der Waals surface area (Å²) in [4.78, 5) is 10.9. The minimum atomic E-state index is -4.30. The van der Waals surface area contributed by atoms with Gasteiger partial charge in [0.05, 0.1) is 5.41 Å². The number of alkyl halides is 3. The number of hydrogen-bond donors (Lipinski definition) is 1. The first-order valence-electron chi connectivity index (χ1n) is 5.24. The van der Waals surface area contributed by atoms with Gasteiger partial charge in [-0.1, -0.05) is 6.42 Å². The van der Waals surface area contributed by atoms with Gasteiger partial charge in [-0.3, -0.25) is 4.79 Å². The van der Waals surface area contributed by atoms with Crippen LogP contribution in [0, 0.1) is 5.41 Å². The Bertz CT molecular complexity index is 246. The molecule has 6 heteroatoms. The van der Waals surface area contributed by atoms with Crippen LogP contribution in [0.25, 0.3) is 0 Å². The van der Waals surface area contributed by atoms with E-state index in [1.165, 1.54) is 0 Å². The molecule has 1 saturated carbocycles. The minimum Gasteiger partial charge on any atom is -0.481 e. The molecule has 0 radical (unpaired) electrons. The second kappa shape index (κ2) is 5.03. The Labute approximate surface area is 91.6 Å². The van der Waals surface area contributed by atoms with E-state index in [1.807, 2.05) is 0 Å². The van der Waals surface area contributed by atoms with Crippen molar-refractivity contribution in [1.29, 1.82) is 0 Å². The van der Waals surface area contributed by atoms with Crippen LogP contribution in [0.4, 0.5) is 13.2 Å². The van der Waals surface area contributed by atoms with Crippen molar-refractivity contribution >= 4 is 5.97 Å². The maximum Gasteiger partial charge on any atom is 0.411 e. The van der Waals surface area contributed by atoms with Gasteiger partial charge >= 0.3 is 12.1 Å². The standard InChI is InChI=1S/C10H15F3O3/c11-10(12,13)7-16-6-2-5-9(8(14)15)3-1-4-9/h1-7H2,(H,14,15). The van der Waals surface area contributed by atoms with Gasteiger partial charge in [-0.25, -0.2) is 0 Å². The third-order valence-corrected chi connectivity index (χ3v) is 2.97. The van der Waals surface area contributed by atoms with Crippen LogP contribution in [-0.4, -0.2) is 30.5 Å². The van der Waals surface area contributed by atoms with E-state index in [1.54, 1.807) is 0 Å². The van der Waals surface area contributed by atoms with Crippen LogP contribution in [0.2, 0.25) is 0 Å². The molecule has 0 aromatic heterocycles. The molecule has 0 heterocycles. The largest absolute Gasteiger partial charge is 0.481 e. The summed E-state index contributed by atoms with van der Waals surface area (Å²) in [6, 6.07) is 0. The summed E-state index contributed by atoms with van der Waals surface area (Å²) in [5.41, 5.74) is -0.693. The van der Waals surface area contributed by atoms with E-state index in [0.717, 1.165) is 6.42 Å². The number of halogens is 3. The Morgan fingerprint density at radius 3 is 2.38 bits per heavy atom. The number of rotatable bonds is 6. The number of ether oxygens (including phenoxy) is 1. The molecular formula is C10H15F3O3. The maximum absolute atomic E-state index is 11.7. The number of carbonyl (C=O) groups is 1. The number of carboxylic acids is 1. The predicted octanol–water partition coefficient (Wildman–Crippen LogP) is 2.60. The molecule has 1 rings (SSSR count). The molecule has 0 spiro atoms. The lowest BCUT2D eigenvalue weighted by molar-refractivity contribution is -0.175. The Hall–Kier alpha value is -0.780. The van der Waals surface area contributed by atoms with Crippen LogP contribution in [0.5, 0.6) is 0 Å². The summed E-state index contributed by atoms with van der Waals surface area (Å²) in [6.07, 6.45) is -1.40. The monoisotopic (exact) mass is 240 g/mol. The molecule has 0 aromatic carbocycles. The summed E-state index contributed by atoms with van der Waals surface area (Å²) in [5.74, 6) is -0.838. The molecule has 0 aliphatic heterocycles. The Balaban J connectivity index is 2.13. The van der Waals surface area contributed by atoms with Crippen LogP contribution in [0.3, 0.4) is 0 Å². The smallest absolute Gasteiger partial charge is 0.411 e. The number of carboxylic acid groups (broad SMARTS) is 1. The molecule has 0 unspecified atom stereocenters. The van der Waals surface area contributed by atoms with Gasteiger partial charge in [0.25, 0.3) is 0 Å². The highest BCUT2D eigenvalue weighted by Gasteiger charge is 2.43. The van der Waals surface area contributed by atoms with Gasteiger partial charge in [0.15, 0.2) is 0 Å². The normalized spacial score (nSPS) is 19.2. The first-order chi connectivity index (χ1) is 7.36. The Morgan fingerprint density at radius 2 is 2.00 bits per heavy atom. The van der Waals surface area contributed by atoms with Crippen LogP contribution in [0.1, 0.15) is 32.1 Å². The van der Waals surface area contributed by atoms with E-state index in [2.05, 4.69) is 4.74 Å². The van der Waals surface area contributed by atoms with Crippen molar-refractivity contribution in [3.8, 4) is 0 Å². The molecular weight excluding hydrogens is 225 g/mol. The predicted molar refractivity (Wildman–Crippen MR) is 50.0 cm³/mol. The molecule has 16 heavy (non-hydrogen) atoms. The SMILES string of the molecule is O=C(O)C1(CCCOCC(F)(F)F)CCC1. The summed E-state index contributed by atoms with van der Waals surface area (Å²) < 4.78 is 39.5. The van der Waals surface area contributed by atoms with E-state index < -0.39 is 24.2 Å². The fourth-order valence-corrected chi connectivity index (χ4v) is 1.87. The summed E-state index contributed by atoms with van der Waals surface area (Å²) >= 11 is 0. The van der Waals surface area contributed by atoms with Crippen molar-refractivity contribution in [3.05, 3.63) is 0 Å². The maximum atomic E-state index is 11.7. The minimum absolute atomic E-state index is 0.0332. The van der Waals surface area contributed by atoms with E-state index in [9.17, 15) is 18.0 Å². The Kier molecular flexibility index (Phi) is 4.18. The molecule has 0 bridgehead atoms. The van der Waals surface area contributed by atoms with Gasteiger partial charge in [-0.2, -0.15) is 13.2 Å². The van der Waals surface area contributed by atoms with Crippen molar-refractivity contribution < 1.29 is 27.8 Å². The number of aliphatic carboxylic acids is 1. The van der Waals surface area contributed by atoms with Crippen molar-refractivity contribution in [3.63, 3.8) is 0 Å². The van der Waals surface area contributed by atoms with Gasteiger partial charge in [-0.05, 0) is 25.7 Å². The van der Waals surface area contributed by atoms with Crippen molar-refractivity contribution in [2.45, 2.75) is 38.3 Å². The highest BCUT2D eigenvalue weighted by Crippen LogP contribution is 2.44. The van der Waals surface area contributed by atoms with Crippen LogP contribution >= 0.6 is 0 Å². The molecule has 3 nitrogen and oxygen atoms in total. The van der Waals surface area contributed by atoms with E-state index in [4.69, 9.17) is 5.11 Å². The van der Waals surface area contributed by atoms with E-state index in [0.29, 0.717) is 25.7 Å². The molecule has 1 aliphatic carbocycles. The summed E-state index contributed by atoms with van der Waals surface area (Å²) in [6.45, 7) is -1.29. The average molecular weight is 240 g/mol. The molecule has 0 amide bonds. The average Bonchev–Trinajstić information content (AvgIpc) is 2.05. The van der Waals surface area contributed by atoms with Crippen molar-refractivity contribution in [2.24, 2.45) is 5.41 Å². The van der Waals surface area contributed by atoms with Crippen molar-refractivity contribution in [1.82, 2.24) is 0 Å². The third kappa shape index (κ3) is 3.66. The second-order valence-corrected chi connectivity index (χ2v) is 4.21. The van der Waals surface area contributed by atoms with Crippen molar-refractivity contribution in [2.75, 3.05) is 13.2 Å². The zero-order valence-corrected chi connectivity index (χ0v) is 8.85. The Morgan fingerprint density at radius 1 is 1.38 bits per heavy atom. The van der Waals surface area contributed by atoms with Gasteiger partial charge in [-0.15, -0.1) is 0 Å². The highest BCUT2D eigenvalue weighted by atomic mass is 19.4. The van der Waals surface area contributed by atoms with Crippen LogP contribution < -0.4 is 0 Å². The lowest BCUT2D eigenvalue weighted by atomic mass is 9.66. The van der Waals surface area contributed by atoms with Gasteiger partial charge < -0.3 is 9.84 Å². The highest BCUT2D eigenvalue weighted by molar-refractivity contribution is 5.75. The first-order valence-corrected chi connectivity index (χ1v) is 5.24. The zero-order chi connectivity index (χ0) is 12.2. The summed E-state index contributed by atoms with van der Waals surface area (Å²) in [5, 5.41) is 8.95. The summed E-state index contributed by atoms with van der Waals surface area (Å²) in [7, 11) is 0. The van der Waals surface area contributed by atoms with Gasteiger partial charge in [0, 0.05) is 6.61 Å². The lowest BCUT2D eigenvalue weighted by Gasteiger charge is -2.37. The first kappa shape index (κ1) is 13.3. The fraction of sp³-hybridized carbons (Fsp3) is 0.900. The lowest BCUT2D eigenvalue weighted by Crippen LogP contribution is -2.38. The number of hydrogen-bond acceptors (Lipinski definition) is 2. The van der Waals surface area contributed by atoms with Gasteiger partial charge in [0.2, 0.25) is 0 Å². The van der Waals surface area contributed by atoms with E-state index >= 15 is 0 Å². The van der Waals surface area contributed by atoms with E-state index in [-0.39, 0.29) is 6.61 Å². The molecule has 94 valence electrons. The fourth-order valence-electron chi connectivity index (χ4n) is 1.87. The molecule has 0 saturated heterocycles. The quantitative estimate of drug-likeness (QED) is 0.726. The van der Waals surface area contributed by atoms with Crippen LogP contribution in [0.15, 0.2) is 0 Å². The third-order valence-electron chi connectivity index (χ3n) is 2.97. The molecule has 0 atom stereocenters. The molecule has 1 fully saturated rings. The molecule has 1 aliphatic rings. The van der Waals surface area contributed by atoms with Crippen LogP contribution in [-0.2, 0) is 9.53 Å². The molecule has 0 aromatic rings. The second-order valence-electron chi connectivity index (χ2n) is 4.21. The zero-order valence-electron chi connectivity index (χ0n) is 8.85. The van der Waals surface area contributed by atoms with Gasteiger partial charge in [0.1, 0.15) is 6.61 Å². The topological polar surface area (TPSA) is 46.5 Å². The molecule has 1 N–H and O–H groups in total.